The lowest BCUT2D eigenvalue weighted by Gasteiger charge is -2.41. The van der Waals surface area contributed by atoms with Crippen molar-refractivity contribution in [1.82, 2.24) is 9.80 Å². The van der Waals surface area contributed by atoms with Crippen LogP contribution in [0.1, 0.15) is 100 Å². The zero-order chi connectivity index (χ0) is 31.6. The number of hydrogen-bond acceptors (Lipinski definition) is 6. The van der Waals surface area contributed by atoms with Gasteiger partial charge in [-0.3, -0.25) is 9.80 Å². The number of hydrogen-bond donors (Lipinski definition) is 0. The molecule has 2 aromatic rings. The molecule has 0 radical (unpaired) electrons. The standard InChI is InChI=1S/C19H27N3.C19H30N2O.2CH4/c1-18(2,3)22-13-10-19(15-22)8-11-21(12-9-19)17-6-4-16(14-20)5-7-17;1-18(2,3)21-14-11-19(15-21)9-12-20(13-10-19)16-5-7-17(22-4)8-6-16;;/h4-7H,8-13,15H2,1-3H3;5-8H,9-15H2,1-4H3;2*1H4. The number of rotatable bonds is 3. The topological polar surface area (TPSA) is 46.0 Å². The summed E-state index contributed by atoms with van der Waals surface area (Å²) >= 11 is 0. The average Bonchev–Trinajstić information content (AvgIpc) is 3.64. The molecule has 0 aliphatic carbocycles. The van der Waals surface area contributed by atoms with Crippen LogP contribution in [0.25, 0.3) is 0 Å². The fourth-order valence-electron chi connectivity index (χ4n) is 7.85. The van der Waals surface area contributed by atoms with E-state index in [9.17, 15) is 0 Å². The minimum atomic E-state index is 0. The van der Waals surface area contributed by atoms with Gasteiger partial charge in [0.1, 0.15) is 5.75 Å². The highest BCUT2D eigenvalue weighted by Gasteiger charge is 2.44. The Labute approximate surface area is 282 Å². The van der Waals surface area contributed by atoms with Crippen molar-refractivity contribution in [3.05, 3.63) is 54.1 Å². The number of anilines is 2. The zero-order valence-corrected chi connectivity index (χ0v) is 28.7. The van der Waals surface area contributed by atoms with Crippen LogP contribution in [0.3, 0.4) is 0 Å². The molecule has 4 fully saturated rings. The fraction of sp³-hybridized carbons (Fsp3) is 0.675. The number of nitriles is 1. The first-order chi connectivity index (χ1) is 20.8. The second-order valence-corrected chi connectivity index (χ2v) is 16.0. The first-order valence-electron chi connectivity index (χ1n) is 17.0. The highest BCUT2D eigenvalue weighted by Crippen LogP contribution is 2.44. The maximum Gasteiger partial charge on any atom is 0.119 e. The van der Waals surface area contributed by atoms with Crippen LogP contribution >= 0.6 is 0 Å². The van der Waals surface area contributed by atoms with E-state index >= 15 is 0 Å². The molecule has 4 heterocycles. The van der Waals surface area contributed by atoms with Crippen molar-refractivity contribution in [3.63, 3.8) is 0 Å². The van der Waals surface area contributed by atoms with E-state index in [2.05, 4.69) is 104 Å². The summed E-state index contributed by atoms with van der Waals surface area (Å²) in [6.07, 6.45) is 7.96. The van der Waals surface area contributed by atoms with Crippen LogP contribution in [0.5, 0.6) is 5.75 Å². The molecule has 6 nitrogen and oxygen atoms in total. The third-order valence-corrected chi connectivity index (χ3v) is 11.2. The van der Waals surface area contributed by atoms with Gasteiger partial charge in [0.05, 0.1) is 18.7 Å². The number of ether oxygens (including phenoxy) is 1. The van der Waals surface area contributed by atoms with Crippen molar-refractivity contribution in [2.24, 2.45) is 10.8 Å². The van der Waals surface area contributed by atoms with Gasteiger partial charge in [0.2, 0.25) is 0 Å². The molecule has 0 N–H and O–H groups in total. The van der Waals surface area contributed by atoms with Crippen molar-refractivity contribution in [1.29, 1.82) is 5.26 Å². The van der Waals surface area contributed by atoms with E-state index < -0.39 is 0 Å². The fourth-order valence-corrected chi connectivity index (χ4v) is 7.85. The Bertz CT molecular complexity index is 1250. The van der Waals surface area contributed by atoms with Gasteiger partial charge in [0.25, 0.3) is 0 Å². The van der Waals surface area contributed by atoms with Crippen LogP contribution in [-0.4, -0.2) is 80.3 Å². The molecule has 256 valence electrons. The Morgan fingerprint density at radius 1 is 0.587 bits per heavy atom. The summed E-state index contributed by atoms with van der Waals surface area (Å²) in [6.45, 7) is 23.8. The van der Waals surface area contributed by atoms with Crippen LogP contribution in [0.15, 0.2) is 48.5 Å². The second-order valence-electron chi connectivity index (χ2n) is 16.0. The van der Waals surface area contributed by atoms with E-state index in [1.165, 1.54) is 89.2 Å². The molecule has 2 aromatic carbocycles. The van der Waals surface area contributed by atoms with Crippen LogP contribution in [0.4, 0.5) is 11.4 Å². The molecule has 0 atom stereocenters. The number of likely N-dealkylation sites (tertiary alicyclic amines) is 2. The van der Waals surface area contributed by atoms with Gasteiger partial charge in [0, 0.05) is 61.7 Å². The van der Waals surface area contributed by atoms with E-state index in [0.29, 0.717) is 21.9 Å². The maximum atomic E-state index is 8.90. The molecule has 4 saturated heterocycles. The maximum absolute atomic E-state index is 8.90. The summed E-state index contributed by atoms with van der Waals surface area (Å²) in [5.41, 5.74) is 5.06. The molecular formula is C40H65N5O. The quantitative estimate of drug-likeness (QED) is 0.338. The molecule has 2 spiro atoms. The Morgan fingerprint density at radius 3 is 1.24 bits per heavy atom. The Balaban J connectivity index is 0.000000240. The van der Waals surface area contributed by atoms with Crippen molar-refractivity contribution in [3.8, 4) is 11.8 Å². The molecule has 0 bridgehead atoms. The van der Waals surface area contributed by atoms with Gasteiger partial charge in [-0.05, 0) is 153 Å². The summed E-state index contributed by atoms with van der Waals surface area (Å²) < 4.78 is 5.25. The van der Waals surface area contributed by atoms with Gasteiger partial charge in [0.15, 0.2) is 0 Å². The summed E-state index contributed by atoms with van der Waals surface area (Å²) in [6, 6.07) is 18.7. The Hall–Kier alpha value is -2.75. The van der Waals surface area contributed by atoms with E-state index in [1.807, 2.05) is 12.1 Å². The molecule has 6 rings (SSSR count). The number of benzene rings is 2. The lowest BCUT2D eigenvalue weighted by molar-refractivity contribution is 0.135. The number of piperidine rings is 2. The van der Waals surface area contributed by atoms with E-state index in [-0.39, 0.29) is 14.9 Å². The van der Waals surface area contributed by atoms with Gasteiger partial charge in [-0.25, -0.2) is 0 Å². The molecule has 0 saturated carbocycles. The molecule has 4 aliphatic rings. The lowest BCUT2D eigenvalue weighted by atomic mass is 9.77. The van der Waals surface area contributed by atoms with Crippen molar-refractivity contribution in [2.45, 2.75) is 106 Å². The summed E-state index contributed by atoms with van der Waals surface area (Å²) in [4.78, 5) is 10.3. The summed E-state index contributed by atoms with van der Waals surface area (Å²) in [5.74, 6) is 0.939. The Morgan fingerprint density at radius 2 is 0.935 bits per heavy atom. The summed E-state index contributed by atoms with van der Waals surface area (Å²) in [7, 11) is 1.72. The third kappa shape index (κ3) is 8.78. The molecule has 6 heteroatoms. The predicted octanol–water partition coefficient (Wildman–Crippen LogP) is 8.71. The van der Waals surface area contributed by atoms with Gasteiger partial charge in [-0.1, -0.05) is 14.9 Å². The Kier molecular flexibility index (Phi) is 12.3. The van der Waals surface area contributed by atoms with Gasteiger partial charge >= 0.3 is 0 Å². The zero-order valence-electron chi connectivity index (χ0n) is 28.7. The first-order valence-corrected chi connectivity index (χ1v) is 17.0. The largest absolute Gasteiger partial charge is 0.497 e. The monoisotopic (exact) mass is 632 g/mol. The van der Waals surface area contributed by atoms with Crippen molar-refractivity contribution >= 4 is 11.4 Å². The molecule has 0 unspecified atom stereocenters. The SMILES string of the molecule is C.C.CC(C)(C)N1CCC2(CCN(c3ccc(C#N)cc3)CC2)C1.COc1ccc(N2CCC3(CC2)CCN(C(C)(C)C)C3)cc1. The lowest BCUT2D eigenvalue weighted by Crippen LogP contribution is -2.45. The van der Waals surface area contributed by atoms with Crippen LogP contribution in [-0.2, 0) is 0 Å². The normalized spacial score (nSPS) is 21.2. The summed E-state index contributed by atoms with van der Waals surface area (Å²) in [5, 5.41) is 8.90. The van der Waals surface area contributed by atoms with Crippen LogP contribution in [0.2, 0.25) is 0 Å². The van der Waals surface area contributed by atoms with Gasteiger partial charge in [-0.15, -0.1) is 0 Å². The second kappa shape index (κ2) is 15.0. The number of methoxy groups -OCH3 is 1. The van der Waals surface area contributed by atoms with E-state index in [0.717, 1.165) is 24.4 Å². The first kappa shape index (κ1) is 37.7. The van der Waals surface area contributed by atoms with E-state index in [1.54, 1.807) is 7.11 Å². The molecule has 0 aromatic heterocycles. The highest BCUT2D eigenvalue weighted by molar-refractivity contribution is 5.50. The molecular weight excluding hydrogens is 566 g/mol. The average molecular weight is 632 g/mol. The van der Waals surface area contributed by atoms with Crippen molar-refractivity contribution in [2.75, 3.05) is 69.3 Å². The smallest absolute Gasteiger partial charge is 0.119 e. The predicted molar refractivity (Wildman–Crippen MR) is 197 cm³/mol. The van der Waals surface area contributed by atoms with E-state index in [4.69, 9.17) is 10.00 Å². The van der Waals surface area contributed by atoms with Crippen molar-refractivity contribution < 1.29 is 4.74 Å². The third-order valence-electron chi connectivity index (χ3n) is 11.2. The molecule has 46 heavy (non-hydrogen) atoms. The minimum absolute atomic E-state index is 0. The van der Waals surface area contributed by atoms with Gasteiger partial charge in [-0.2, -0.15) is 5.26 Å². The minimum Gasteiger partial charge on any atom is -0.497 e. The van der Waals surface area contributed by atoms with Gasteiger partial charge < -0.3 is 14.5 Å². The number of nitrogens with zero attached hydrogens (tertiary/aromatic N) is 5. The molecule has 0 amide bonds. The van der Waals surface area contributed by atoms with Crippen LogP contribution in [0, 0.1) is 22.2 Å². The molecule has 4 aliphatic heterocycles. The highest BCUT2D eigenvalue weighted by atomic mass is 16.5. The van der Waals surface area contributed by atoms with Crippen LogP contribution < -0.4 is 14.5 Å².